The highest BCUT2D eigenvalue weighted by Crippen LogP contribution is 2.24. The zero-order valence-electron chi connectivity index (χ0n) is 14.7. The van der Waals surface area contributed by atoms with Crippen molar-refractivity contribution in [1.82, 2.24) is 25.5 Å². The first-order valence-electron chi connectivity index (χ1n) is 8.63. The Hall–Kier alpha value is -2.00. The summed E-state index contributed by atoms with van der Waals surface area (Å²) in [5.74, 6) is 0.0326. The molecule has 3 heterocycles. The minimum atomic E-state index is -0.659. The van der Waals surface area contributed by atoms with Crippen LogP contribution in [0.2, 0.25) is 0 Å². The maximum absolute atomic E-state index is 12.4. The van der Waals surface area contributed by atoms with Crippen LogP contribution in [0.4, 0.5) is 5.13 Å². The number of hydrogen-bond donors (Lipinski definition) is 3. The van der Waals surface area contributed by atoms with Gasteiger partial charge in [-0.2, -0.15) is 0 Å². The van der Waals surface area contributed by atoms with E-state index in [1.807, 2.05) is 25.7 Å². The van der Waals surface area contributed by atoms with E-state index in [0.717, 1.165) is 40.9 Å². The van der Waals surface area contributed by atoms with Gasteiger partial charge >= 0.3 is 0 Å². The molecule has 8 nitrogen and oxygen atoms in total. The maximum Gasteiger partial charge on any atom is 0.287 e. The van der Waals surface area contributed by atoms with Crippen LogP contribution >= 0.6 is 11.3 Å². The molecular weight excluding hydrogens is 340 g/mol. The lowest BCUT2D eigenvalue weighted by Gasteiger charge is -2.35. The van der Waals surface area contributed by atoms with Crippen LogP contribution in [0.5, 0.6) is 0 Å². The van der Waals surface area contributed by atoms with Gasteiger partial charge in [0.25, 0.3) is 5.91 Å². The fraction of sp³-hybridized carbons (Fsp3) is 0.625. The van der Waals surface area contributed by atoms with Gasteiger partial charge in [0, 0.05) is 18.8 Å². The quantitative estimate of drug-likeness (QED) is 0.732. The van der Waals surface area contributed by atoms with E-state index < -0.39 is 6.10 Å². The predicted molar refractivity (Wildman–Crippen MR) is 96.1 cm³/mol. The second kappa shape index (κ2) is 7.49. The lowest BCUT2D eigenvalue weighted by Crippen LogP contribution is -2.54. The van der Waals surface area contributed by atoms with Crippen molar-refractivity contribution in [3.05, 3.63) is 22.2 Å². The van der Waals surface area contributed by atoms with Crippen molar-refractivity contribution in [2.75, 3.05) is 18.0 Å². The molecule has 0 spiro atoms. The van der Waals surface area contributed by atoms with Gasteiger partial charge in [0.05, 0.1) is 17.8 Å². The molecule has 2 unspecified atom stereocenters. The van der Waals surface area contributed by atoms with E-state index in [2.05, 4.69) is 25.5 Å². The number of aromatic amines is 1. The SMILES string of the molecule is CCc1nnc(N2CCC(NC(=O)c3nc(CC)c(C)[nH]3)C(O)C2)s1. The molecule has 136 valence electrons. The van der Waals surface area contributed by atoms with E-state index in [-0.39, 0.29) is 11.9 Å². The average molecular weight is 364 g/mol. The Bertz CT molecular complexity index is 743. The Morgan fingerprint density at radius 3 is 2.80 bits per heavy atom. The molecule has 0 bridgehead atoms. The highest BCUT2D eigenvalue weighted by molar-refractivity contribution is 7.15. The maximum atomic E-state index is 12.4. The van der Waals surface area contributed by atoms with Gasteiger partial charge in [-0.3, -0.25) is 4.79 Å². The van der Waals surface area contributed by atoms with Crippen LogP contribution in [0.25, 0.3) is 0 Å². The third kappa shape index (κ3) is 3.82. The minimum Gasteiger partial charge on any atom is -0.389 e. The number of β-amino-alcohol motifs (C(OH)–C–C–N with tert-alkyl or cyclic N) is 1. The van der Waals surface area contributed by atoms with Gasteiger partial charge in [-0.15, -0.1) is 10.2 Å². The molecule has 0 radical (unpaired) electrons. The lowest BCUT2D eigenvalue weighted by atomic mass is 10.0. The number of hydrogen-bond acceptors (Lipinski definition) is 7. The van der Waals surface area contributed by atoms with Crippen molar-refractivity contribution < 1.29 is 9.90 Å². The van der Waals surface area contributed by atoms with Crippen LogP contribution in [0, 0.1) is 6.92 Å². The number of carbonyl (C=O) groups excluding carboxylic acids is 1. The second-order valence-electron chi connectivity index (χ2n) is 6.22. The smallest absolute Gasteiger partial charge is 0.287 e. The number of nitrogens with one attached hydrogen (secondary N) is 2. The summed E-state index contributed by atoms with van der Waals surface area (Å²) in [5.41, 5.74) is 1.80. The first-order chi connectivity index (χ1) is 12.0. The van der Waals surface area contributed by atoms with E-state index in [9.17, 15) is 9.90 Å². The molecule has 0 aliphatic carbocycles. The largest absolute Gasteiger partial charge is 0.389 e. The summed E-state index contributed by atoms with van der Waals surface area (Å²) in [6.07, 6.45) is 1.62. The number of piperidine rings is 1. The Labute approximate surface area is 150 Å². The van der Waals surface area contributed by atoms with E-state index in [4.69, 9.17) is 0 Å². The van der Waals surface area contributed by atoms with Crippen LogP contribution < -0.4 is 10.2 Å². The number of H-pyrrole nitrogens is 1. The van der Waals surface area contributed by atoms with Gasteiger partial charge in [0.15, 0.2) is 5.82 Å². The van der Waals surface area contributed by atoms with Gasteiger partial charge < -0.3 is 20.3 Å². The summed E-state index contributed by atoms with van der Waals surface area (Å²) < 4.78 is 0. The van der Waals surface area contributed by atoms with Gasteiger partial charge in [-0.05, 0) is 26.2 Å². The molecule has 3 rings (SSSR count). The van der Waals surface area contributed by atoms with Gasteiger partial charge in [0.2, 0.25) is 5.13 Å². The fourth-order valence-corrected chi connectivity index (χ4v) is 3.79. The molecule has 1 fully saturated rings. The number of imidazole rings is 1. The summed E-state index contributed by atoms with van der Waals surface area (Å²) in [6, 6.07) is -0.294. The molecule has 2 aromatic rings. The molecule has 1 saturated heterocycles. The number of aliphatic hydroxyl groups excluding tert-OH is 1. The first-order valence-corrected chi connectivity index (χ1v) is 9.45. The molecular formula is C16H24N6O2S. The van der Waals surface area contributed by atoms with Crippen molar-refractivity contribution in [1.29, 1.82) is 0 Å². The van der Waals surface area contributed by atoms with Crippen LogP contribution in [0.1, 0.15) is 47.3 Å². The number of nitrogens with zero attached hydrogens (tertiary/aromatic N) is 4. The van der Waals surface area contributed by atoms with E-state index in [0.29, 0.717) is 18.8 Å². The van der Waals surface area contributed by atoms with Crippen molar-refractivity contribution >= 4 is 22.4 Å². The van der Waals surface area contributed by atoms with E-state index in [1.165, 1.54) is 0 Å². The highest BCUT2D eigenvalue weighted by Gasteiger charge is 2.31. The number of amides is 1. The molecule has 0 saturated carbocycles. The molecule has 2 atom stereocenters. The summed E-state index contributed by atoms with van der Waals surface area (Å²) >= 11 is 1.55. The van der Waals surface area contributed by atoms with Crippen LogP contribution in [-0.2, 0) is 12.8 Å². The zero-order valence-corrected chi connectivity index (χ0v) is 15.6. The number of rotatable bonds is 5. The summed E-state index contributed by atoms with van der Waals surface area (Å²) in [5, 5.41) is 23.5. The number of aliphatic hydroxyl groups is 1. The third-order valence-electron chi connectivity index (χ3n) is 4.46. The normalized spacial score (nSPS) is 20.7. The van der Waals surface area contributed by atoms with Crippen LogP contribution in [0.3, 0.4) is 0 Å². The Morgan fingerprint density at radius 2 is 2.20 bits per heavy atom. The summed E-state index contributed by atoms with van der Waals surface area (Å²) in [7, 11) is 0. The average Bonchev–Trinajstić information content (AvgIpc) is 3.23. The summed E-state index contributed by atoms with van der Waals surface area (Å²) in [6.45, 7) is 7.10. The fourth-order valence-electron chi connectivity index (χ4n) is 2.97. The number of aryl methyl sites for hydroxylation is 3. The molecule has 1 aliphatic rings. The zero-order chi connectivity index (χ0) is 18.0. The van der Waals surface area contributed by atoms with Crippen molar-refractivity contribution in [3.63, 3.8) is 0 Å². The number of aromatic nitrogens is 4. The molecule has 25 heavy (non-hydrogen) atoms. The molecule has 9 heteroatoms. The summed E-state index contributed by atoms with van der Waals surface area (Å²) in [4.78, 5) is 21.7. The molecule has 3 N–H and O–H groups in total. The van der Waals surface area contributed by atoms with Gasteiger partial charge in [-0.1, -0.05) is 25.2 Å². The van der Waals surface area contributed by atoms with Crippen molar-refractivity contribution in [3.8, 4) is 0 Å². The molecule has 1 amide bonds. The van der Waals surface area contributed by atoms with Crippen molar-refractivity contribution in [2.45, 2.75) is 52.2 Å². The van der Waals surface area contributed by atoms with Crippen LogP contribution in [0.15, 0.2) is 0 Å². The molecule has 0 aromatic carbocycles. The topological polar surface area (TPSA) is 107 Å². The predicted octanol–water partition coefficient (Wildman–Crippen LogP) is 1.06. The number of carbonyl (C=O) groups is 1. The van der Waals surface area contributed by atoms with Crippen LogP contribution in [-0.4, -0.2) is 56.4 Å². The monoisotopic (exact) mass is 364 g/mol. The standard InChI is InChI=1S/C16H24N6O2S/c1-4-10-9(3)17-14(18-10)15(24)19-11-6-7-22(8-12(11)23)16-21-20-13(5-2)25-16/h11-12,23H,4-8H2,1-3H3,(H,17,18)(H,19,24). The first kappa shape index (κ1) is 17.8. The lowest BCUT2D eigenvalue weighted by molar-refractivity contribution is 0.0790. The van der Waals surface area contributed by atoms with Gasteiger partial charge in [0.1, 0.15) is 5.01 Å². The molecule has 1 aliphatic heterocycles. The van der Waals surface area contributed by atoms with E-state index in [1.54, 1.807) is 11.3 Å². The highest BCUT2D eigenvalue weighted by atomic mass is 32.1. The Balaban J connectivity index is 1.60. The Kier molecular flexibility index (Phi) is 5.33. The second-order valence-corrected chi connectivity index (χ2v) is 7.27. The third-order valence-corrected chi connectivity index (χ3v) is 5.59. The van der Waals surface area contributed by atoms with E-state index >= 15 is 0 Å². The Morgan fingerprint density at radius 1 is 1.40 bits per heavy atom. The minimum absolute atomic E-state index is 0.274. The van der Waals surface area contributed by atoms with Crippen molar-refractivity contribution in [2.24, 2.45) is 0 Å². The molecule has 2 aromatic heterocycles. The van der Waals surface area contributed by atoms with Gasteiger partial charge in [-0.25, -0.2) is 4.98 Å². The number of anilines is 1.